The van der Waals surface area contributed by atoms with Crippen LogP contribution in [0.2, 0.25) is 10.0 Å². The third kappa shape index (κ3) is 5.71. The standard InChI is InChI=1S/C14H21Cl2N3O2/c1-9(2)19(5-6-20)4-3-13(21)18-14-11(16)7-10(15)8-12(14)17/h7-9,20H,3-6,17H2,1-2H3,(H,18,21). The van der Waals surface area contributed by atoms with Crippen molar-refractivity contribution >= 4 is 40.5 Å². The van der Waals surface area contributed by atoms with Gasteiger partial charge in [-0.05, 0) is 26.0 Å². The molecule has 0 saturated carbocycles. The highest BCUT2D eigenvalue weighted by Gasteiger charge is 2.14. The molecule has 0 aliphatic carbocycles. The number of anilines is 2. The second-order valence-corrected chi connectivity index (χ2v) is 5.85. The van der Waals surface area contributed by atoms with Gasteiger partial charge < -0.3 is 16.2 Å². The maximum Gasteiger partial charge on any atom is 0.225 e. The number of amides is 1. The summed E-state index contributed by atoms with van der Waals surface area (Å²) in [4.78, 5) is 14.0. The molecule has 1 amide bonds. The number of rotatable bonds is 7. The van der Waals surface area contributed by atoms with Crippen molar-refractivity contribution in [3.05, 3.63) is 22.2 Å². The molecule has 0 fully saturated rings. The molecule has 0 atom stereocenters. The molecule has 21 heavy (non-hydrogen) atoms. The number of carbonyl (C=O) groups excluding carboxylic acids is 1. The van der Waals surface area contributed by atoms with E-state index < -0.39 is 0 Å². The van der Waals surface area contributed by atoms with E-state index in [-0.39, 0.29) is 25.0 Å². The summed E-state index contributed by atoms with van der Waals surface area (Å²) >= 11 is 11.8. The van der Waals surface area contributed by atoms with Crippen LogP contribution >= 0.6 is 23.2 Å². The number of benzene rings is 1. The lowest BCUT2D eigenvalue weighted by Gasteiger charge is -2.25. The second kappa shape index (κ2) is 8.44. The van der Waals surface area contributed by atoms with Crippen LogP contribution in [0.15, 0.2) is 12.1 Å². The fourth-order valence-corrected chi connectivity index (χ4v) is 2.49. The van der Waals surface area contributed by atoms with Crippen LogP contribution in [0.25, 0.3) is 0 Å². The largest absolute Gasteiger partial charge is 0.397 e. The van der Waals surface area contributed by atoms with Gasteiger partial charge in [-0.15, -0.1) is 0 Å². The fourth-order valence-electron chi connectivity index (χ4n) is 1.93. The highest BCUT2D eigenvalue weighted by atomic mass is 35.5. The number of aliphatic hydroxyl groups is 1. The van der Waals surface area contributed by atoms with Gasteiger partial charge in [0, 0.05) is 30.6 Å². The molecule has 1 aromatic carbocycles. The minimum atomic E-state index is -0.186. The minimum Gasteiger partial charge on any atom is -0.397 e. The zero-order valence-electron chi connectivity index (χ0n) is 12.2. The Morgan fingerprint density at radius 3 is 2.57 bits per heavy atom. The molecule has 4 N–H and O–H groups in total. The SMILES string of the molecule is CC(C)N(CCO)CCC(=O)Nc1c(N)cc(Cl)cc1Cl. The minimum absolute atomic E-state index is 0.0652. The first-order valence-corrected chi connectivity index (χ1v) is 7.50. The van der Waals surface area contributed by atoms with Gasteiger partial charge in [0.25, 0.3) is 0 Å². The van der Waals surface area contributed by atoms with Gasteiger partial charge in [0.05, 0.1) is 23.0 Å². The monoisotopic (exact) mass is 333 g/mol. The molecule has 1 rings (SSSR count). The molecule has 0 aliphatic heterocycles. The average molecular weight is 334 g/mol. The van der Waals surface area contributed by atoms with Crippen molar-refractivity contribution in [2.75, 3.05) is 30.7 Å². The number of nitrogens with one attached hydrogen (secondary N) is 1. The fraction of sp³-hybridized carbons (Fsp3) is 0.500. The number of hydrogen-bond donors (Lipinski definition) is 3. The summed E-state index contributed by atoms with van der Waals surface area (Å²) in [6, 6.07) is 3.32. The topological polar surface area (TPSA) is 78.6 Å². The van der Waals surface area contributed by atoms with E-state index in [1.165, 1.54) is 12.1 Å². The summed E-state index contributed by atoms with van der Waals surface area (Å²) in [5.41, 5.74) is 6.50. The normalized spacial score (nSPS) is 11.2. The highest BCUT2D eigenvalue weighted by molar-refractivity contribution is 6.37. The van der Waals surface area contributed by atoms with E-state index in [1.54, 1.807) is 0 Å². The molecule has 0 radical (unpaired) electrons. The smallest absolute Gasteiger partial charge is 0.225 e. The molecule has 1 aromatic rings. The summed E-state index contributed by atoms with van der Waals surface area (Å²) in [5.74, 6) is -0.186. The van der Waals surface area contributed by atoms with Crippen LogP contribution < -0.4 is 11.1 Å². The Balaban J connectivity index is 2.62. The van der Waals surface area contributed by atoms with E-state index in [4.69, 9.17) is 34.0 Å². The Morgan fingerprint density at radius 1 is 1.38 bits per heavy atom. The van der Waals surface area contributed by atoms with E-state index in [1.807, 2.05) is 18.7 Å². The Bertz CT molecular complexity index is 472. The lowest BCUT2D eigenvalue weighted by Crippen LogP contribution is -2.36. The summed E-state index contributed by atoms with van der Waals surface area (Å²) in [6.45, 7) is 5.18. The zero-order chi connectivity index (χ0) is 16.0. The van der Waals surface area contributed by atoms with Crippen LogP contribution in [-0.4, -0.2) is 41.7 Å². The van der Waals surface area contributed by atoms with Crippen LogP contribution in [0.3, 0.4) is 0 Å². The van der Waals surface area contributed by atoms with Crippen molar-refractivity contribution in [3.63, 3.8) is 0 Å². The van der Waals surface area contributed by atoms with Crippen molar-refractivity contribution in [2.45, 2.75) is 26.3 Å². The Kier molecular flexibility index (Phi) is 7.25. The van der Waals surface area contributed by atoms with Crippen LogP contribution in [0.5, 0.6) is 0 Å². The lowest BCUT2D eigenvalue weighted by atomic mass is 10.2. The molecule has 0 saturated heterocycles. The number of hydrogen-bond acceptors (Lipinski definition) is 4. The van der Waals surface area contributed by atoms with E-state index >= 15 is 0 Å². The van der Waals surface area contributed by atoms with Crippen LogP contribution in [-0.2, 0) is 4.79 Å². The molecule has 0 spiro atoms. The van der Waals surface area contributed by atoms with Crippen molar-refractivity contribution in [2.24, 2.45) is 0 Å². The van der Waals surface area contributed by atoms with Crippen LogP contribution in [0.1, 0.15) is 20.3 Å². The molecular formula is C14H21Cl2N3O2. The van der Waals surface area contributed by atoms with Gasteiger partial charge >= 0.3 is 0 Å². The van der Waals surface area contributed by atoms with Gasteiger partial charge in [-0.1, -0.05) is 23.2 Å². The Morgan fingerprint density at radius 2 is 2.05 bits per heavy atom. The molecule has 0 heterocycles. The molecular weight excluding hydrogens is 313 g/mol. The van der Waals surface area contributed by atoms with Gasteiger partial charge in [0.1, 0.15) is 0 Å². The lowest BCUT2D eigenvalue weighted by molar-refractivity contribution is -0.116. The molecule has 0 bridgehead atoms. The number of nitrogens with zero attached hydrogens (tertiary/aromatic N) is 1. The van der Waals surface area contributed by atoms with E-state index in [9.17, 15) is 4.79 Å². The number of nitrogen functional groups attached to an aromatic ring is 1. The second-order valence-electron chi connectivity index (χ2n) is 5.00. The molecule has 118 valence electrons. The Hall–Kier alpha value is -1.01. The van der Waals surface area contributed by atoms with E-state index in [0.29, 0.717) is 34.5 Å². The number of aliphatic hydroxyl groups excluding tert-OH is 1. The first-order valence-electron chi connectivity index (χ1n) is 6.74. The third-order valence-corrected chi connectivity index (χ3v) is 3.61. The predicted octanol–water partition coefficient (Wildman–Crippen LogP) is 2.61. The van der Waals surface area contributed by atoms with Crippen molar-refractivity contribution in [1.29, 1.82) is 0 Å². The van der Waals surface area contributed by atoms with Crippen molar-refractivity contribution in [1.82, 2.24) is 4.90 Å². The summed E-state index contributed by atoms with van der Waals surface area (Å²) in [7, 11) is 0. The van der Waals surface area contributed by atoms with Gasteiger partial charge in [-0.25, -0.2) is 0 Å². The quantitative estimate of drug-likeness (QED) is 0.670. The van der Waals surface area contributed by atoms with Crippen LogP contribution in [0.4, 0.5) is 11.4 Å². The summed E-state index contributed by atoms with van der Waals surface area (Å²) < 4.78 is 0. The number of carbonyl (C=O) groups is 1. The molecule has 7 heteroatoms. The Labute approximate surface area is 135 Å². The first-order chi connectivity index (χ1) is 9.85. The molecule has 0 aromatic heterocycles. The molecule has 0 unspecified atom stereocenters. The maximum absolute atomic E-state index is 12.0. The van der Waals surface area contributed by atoms with Gasteiger partial charge in [-0.2, -0.15) is 0 Å². The summed E-state index contributed by atoms with van der Waals surface area (Å²) in [5, 5.41) is 12.4. The van der Waals surface area contributed by atoms with E-state index in [2.05, 4.69) is 5.32 Å². The predicted molar refractivity (Wildman–Crippen MR) is 87.9 cm³/mol. The van der Waals surface area contributed by atoms with Crippen molar-refractivity contribution in [3.8, 4) is 0 Å². The number of halogens is 2. The first kappa shape index (κ1) is 18.0. The summed E-state index contributed by atoms with van der Waals surface area (Å²) in [6.07, 6.45) is 0.288. The van der Waals surface area contributed by atoms with Gasteiger partial charge in [-0.3, -0.25) is 9.69 Å². The molecule has 0 aliphatic rings. The zero-order valence-corrected chi connectivity index (χ0v) is 13.7. The average Bonchev–Trinajstić information content (AvgIpc) is 2.38. The van der Waals surface area contributed by atoms with Crippen LogP contribution in [0, 0.1) is 0 Å². The van der Waals surface area contributed by atoms with E-state index in [0.717, 1.165) is 0 Å². The van der Waals surface area contributed by atoms with Gasteiger partial charge in [0.15, 0.2) is 0 Å². The maximum atomic E-state index is 12.0. The number of nitrogens with two attached hydrogens (primary N) is 1. The highest BCUT2D eigenvalue weighted by Crippen LogP contribution is 2.32. The third-order valence-electron chi connectivity index (χ3n) is 3.09. The van der Waals surface area contributed by atoms with Crippen molar-refractivity contribution < 1.29 is 9.90 Å². The molecule has 5 nitrogen and oxygen atoms in total. The van der Waals surface area contributed by atoms with Gasteiger partial charge in [0.2, 0.25) is 5.91 Å².